The van der Waals surface area contributed by atoms with E-state index in [1.165, 1.54) is 0 Å². The molecule has 0 aliphatic rings. The van der Waals surface area contributed by atoms with Gasteiger partial charge in [0.25, 0.3) is 0 Å². The minimum Gasteiger partial charge on any atom is -0.491 e. The zero-order valence-electron chi connectivity index (χ0n) is 24.0. The van der Waals surface area contributed by atoms with Gasteiger partial charge in [0.1, 0.15) is 53.8 Å². The van der Waals surface area contributed by atoms with Crippen molar-refractivity contribution in [2.45, 2.75) is 49.8 Å². The van der Waals surface area contributed by atoms with Crippen molar-refractivity contribution < 1.29 is 28.4 Å². The van der Waals surface area contributed by atoms with Crippen LogP contribution < -0.4 is 14.2 Å². The number of hydrogen-bond donors (Lipinski definition) is 0. The Bertz CT molecular complexity index is 991. The van der Waals surface area contributed by atoms with E-state index in [0.717, 1.165) is 33.9 Å². The second-order valence-electron chi connectivity index (χ2n) is 9.48. The molecule has 0 fully saturated rings. The number of ether oxygens (including phenoxy) is 6. The van der Waals surface area contributed by atoms with Gasteiger partial charge in [0.05, 0.1) is 19.8 Å². The van der Waals surface area contributed by atoms with E-state index < -0.39 is 5.41 Å². The van der Waals surface area contributed by atoms with Crippen LogP contribution in [0.2, 0.25) is 0 Å². The fourth-order valence-corrected chi connectivity index (χ4v) is 4.53. The first-order valence-electron chi connectivity index (χ1n) is 13.7. The Labute approximate surface area is 258 Å². The highest BCUT2D eigenvalue weighted by Crippen LogP contribution is 2.40. The van der Waals surface area contributed by atoms with E-state index in [4.69, 9.17) is 63.2 Å². The van der Waals surface area contributed by atoms with Crippen molar-refractivity contribution in [1.82, 2.24) is 0 Å². The van der Waals surface area contributed by atoms with Crippen LogP contribution in [0.25, 0.3) is 0 Å². The van der Waals surface area contributed by atoms with Gasteiger partial charge in [-0.3, -0.25) is 0 Å². The van der Waals surface area contributed by atoms with Crippen LogP contribution in [0.15, 0.2) is 72.8 Å². The maximum absolute atomic E-state index is 5.84. The fraction of sp³-hybridized carbons (Fsp3) is 0.438. The van der Waals surface area contributed by atoms with Crippen LogP contribution in [0, 0.1) is 0 Å². The lowest BCUT2D eigenvalue weighted by atomic mass is 9.71. The van der Waals surface area contributed by atoms with Gasteiger partial charge in [-0.1, -0.05) is 71.2 Å². The van der Waals surface area contributed by atoms with E-state index in [1.807, 2.05) is 36.4 Å². The molecular formula is C32H39Cl3O6. The number of hydrogen-bond acceptors (Lipinski definition) is 6. The van der Waals surface area contributed by atoms with Crippen molar-refractivity contribution in [3.8, 4) is 17.2 Å². The SMILES string of the molecule is CC(Cl)OCCOc1ccc(C(C)(c2ccc(OCCOC(C)Cl)cc2)c2ccc(OCCOC(C)Cl)cc2)cc1. The Balaban J connectivity index is 1.81. The summed E-state index contributed by atoms with van der Waals surface area (Å²) in [6.45, 7) is 10.0. The largest absolute Gasteiger partial charge is 0.491 e. The van der Waals surface area contributed by atoms with E-state index in [9.17, 15) is 0 Å². The summed E-state index contributed by atoms with van der Waals surface area (Å²) < 4.78 is 33.6. The minimum atomic E-state index is -0.471. The second-order valence-corrected chi connectivity index (χ2v) is 11.3. The van der Waals surface area contributed by atoms with Gasteiger partial charge < -0.3 is 28.4 Å². The molecule has 0 aromatic heterocycles. The van der Waals surface area contributed by atoms with Crippen LogP contribution >= 0.6 is 34.8 Å². The molecule has 3 aromatic carbocycles. The number of halogens is 3. The zero-order valence-corrected chi connectivity index (χ0v) is 26.3. The average molecular weight is 626 g/mol. The van der Waals surface area contributed by atoms with E-state index in [2.05, 4.69) is 43.3 Å². The van der Waals surface area contributed by atoms with Crippen molar-refractivity contribution in [3.63, 3.8) is 0 Å². The van der Waals surface area contributed by atoms with Gasteiger partial charge in [-0.15, -0.1) is 0 Å². The normalized spacial score (nSPS) is 15.0. The summed E-state index contributed by atoms with van der Waals surface area (Å²) in [4.78, 5) is 0. The molecule has 0 N–H and O–H groups in total. The molecule has 0 saturated heterocycles. The van der Waals surface area contributed by atoms with Crippen molar-refractivity contribution in [3.05, 3.63) is 89.5 Å². The molecule has 0 aliphatic heterocycles. The first kappa shape index (κ1) is 33.3. The van der Waals surface area contributed by atoms with Gasteiger partial charge in [-0.05, 0) is 80.8 Å². The number of benzene rings is 3. The highest BCUT2D eigenvalue weighted by atomic mass is 35.5. The van der Waals surface area contributed by atoms with Crippen molar-refractivity contribution in [2.24, 2.45) is 0 Å². The molecule has 3 aromatic rings. The smallest absolute Gasteiger partial charge is 0.128 e. The Hall–Kier alpha value is -2.19. The Morgan fingerprint density at radius 1 is 0.463 bits per heavy atom. The summed E-state index contributed by atoms with van der Waals surface area (Å²) >= 11 is 17.5. The molecule has 0 saturated carbocycles. The summed E-state index contributed by atoms with van der Waals surface area (Å²) in [5, 5.41) is 0. The molecular weight excluding hydrogens is 587 g/mol. The highest BCUT2D eigenvalue weighted by Gasteiger charge is 2.31. The molecule has 224 valence electrons. The maximum Gasteiger partial charge on any atom is 0.128 e. The van der Waals surface area contributed by atoms with Crippen LogP contribution in [0.1, 0.15) is 44.4 Å². The third-order valence-corrected chi connectivity index (χ3v) is 6.77. The van der Waals surface area contributed by atoms with Crippen LogP contribution in [0.5, 0.6) is 17.2 Å². The zero-order chi connectivity index (χ0) is 29.7. The first-order chi connectivity index (χ1) is 19.7. The third kappa shape index (κ3) is 10.9. The van der Waals surface area contributed by atoms with Crippen LogP contribution in [-0.4, -0.2) is 56.3 Å². The molecule has 0 heterocycles. The third-order valence-electron chi connectivity index (χ3n) is 6.39. The lowest BCUT2D eigenvalue weighted by Gasteiger charge is -2.32. The summed E-state index contributed by atoms with van der Waals surface area (Å²) in [6.07, 6.45) is 0. The quantitative estimate of drug-likeness (QED) is 0.0812. The molecule has 0 aliphatic carbocycles. The van der Waals surface area contributed by atoms with Gasteiger partial charge in [-0.25, -0.2) is 0 Å². The van der Waals surface area contributed by atoms with E-state index in [1.54, 1.807) is 20.8 Å². The average Bonchev–Trinajstić information content (AvgIpc) is 2.96. The van der Waals surface area contributed by atoms with E-state index >= 15 is 0 Å². The predicted octanol–water partition coefficient (Wildman–Crippen LogP) is 7.98. The summed E-state index contributed by atoms with van der Waals surface area (Å²) in [7, 11) is 0. The number of rotatable bonds is 18. The fourth-order valence-electron chi connectivity index (χ4n) is 4.26. The monoisotopic (exact) mass is 624 g/mol. The lowest BCUT2D eigenvalue weighted by Crippen LogP contribution is -2.25. The van der Waals surface area contributed by atoms with Crippen LogP contribution in [-0.2, 0) is 19.6 Å². The van der Waals surface area contributed by atoms with Gasteiger partial charge in [0.15, 0.2) is 0 Å². The standard InChI is InChI=1S/C32H39Cl3O6/c1-23(33)36-17-20-39-29-11-5-26(6-12-29)32(4,27-7-13-30(14-8-27)40-21-18-37-24(2)34)28-9-15-31(16-10-28)41-22-19-38-25(3)35/h5-16,23-25H,17-22H2,1-4H3. The van der Waals surface area contributed by atoms with Gasteiger partial charge in [0.2, 0.25) is 0 Å². The Kier molecular flexibility index (Phi) is 13.9. The first-order valence-corrected chi connectivity index (χ1v) is 15.0. The van der Waals surface area contributed by atoms with Crippen LogP contribution in [0.3, 0.4) is 0 Å². The molecule has 9 heteroatoms. The van der Waals surface area contributed by atoms with Crippen molar-refractivity contribution >= 4 is 34.8 Å². The molecule has 3 unspecified atom stereocenters. The summed E-state index contributed by atoms with van der Waals surface area (Å²) in [6, 6.07) is 24.4. The molecule has 41 heavy (non-hydrogen) atoms. The van der Waals surface area contributed by atoms with Crippen molar-refractivity contribution in [1.29, 1.82) is 0 Å². The Morgan fingerprint density at radius 2 is 0.707 bits per heavy atom. The summed E-state index contributed by atoms with van der Waals surface area (Å²) in [5.41, 5.74) is 1.80. The van der Waals surface area contributed by atoms with Gasteiger partial charge in [-0.2, -0.15) is 0 Å². The highest BCUT2D eigenvalue weighted by molar-refractivity contribution is 6.19. The summed E-state index contributed by atoms with van der Waals surface area (Å²) in [5.74, 6) is 2.28. The maximum atomic E-state index is 5.84. The van der Waals surface area contributed by atoms with Gasteiger partial charge in [0, 0.05) is 5.41 Å². The molecule has 0 spiro atoms. The van der Waals surface area contributed by atoms with Crippen LogP contribution in [0.4, 0.5) is 0 Å². The molecule has 6 nitrogen and oxygen atoms in total. The van der Waals surface area contributed by atoms with Crippen molar-refractivity contribution in [2.75, 3.05) is 39.6 Å². The molecule has 0 amide bonds. The lowest BCUT2D eigenvalue weighted by molar-refractivity contribution is 0.0878. The molecule has 3 rings (SSSR count). The second kappa shape index (κ2) is 17.1. The van der Waals surface area contributed by atoms with E-state index in [-0.39, 0.29) is 16.7 Å². The molecule has 0 radical (unpaired) electrons. The minimum absolute atomic E-state index is 0.347. The molecule has 0 bridgehead atoms. The predicted molar refractivity (Wildman–Crippen MR) is 165 cm³/mol. The Morgan fingerprint density at radius 3 is 0.927 bits per heavy atom. The molecule has 3 atom stereocenters. The van der Waals surface area contributed by atoms with Gasteiger partial charge >= 0.3 is 0 Å². The topological polar surface area (TPSA) is 55.4 Å². The van der Waals surface area contributed by atoms with E-state index in [0.29, 0.717) is 39.6 Å². The number of alkyl halides is 3.